The predicted molar refractivity (Wildman–Crippen MR) is 96.8 cm³/mol. The van der Waals surface area contributed by atoms with Crippen LogP contribution in [0, 0.1) is 0 Å². The van der Waals surface area contributed by atoms with E-state index in [4.69, 9.17) is 0 Å². The van der Waals surface area contributed by atoms with Crippen molar-refractivity contribution in [2.24, 2.45) is 0 Å². The summed E-state index contributed by atoms with van der Waals surface area (Å²) in [6.45, 7) is 2.66. The number of benzene rings is 2. The zero-order valence-electron chi connectivity index (χ0n) is 13.8. The van der Waals surface area contributed by atoms with Crippen molar-refractivity contribution >= 4 is 17.6 Å². The second-order valence-electron chi connectivity index (χ2n) is 5.45. The molecule has 0 aliphatic heterocycles. The fraction of sp³-hybridized carbons (Fsp3) is 0.263. The average molecular weight is 325 g/mol. The van der Waals surface area contributed by atoms with Gasteiger partial charge in [0.25, 0.3) is 0 Å². The minimum Gasteiger partial charge on any atom is -0.376 e. The lowest BCUT2D eigenvalue weighted by Gasteiger charge is -2.09. The maximum absolute atomic E-state index is 11.7. The number of imide groups is 1. The van der Waals surface area contributed by atoms with Crippen LogP contribution in [0.25, 0.3) is 11.1 Å². The van der Waals surface area contributed by atoms with E-state index < -0.39 is 6.03 Å². The topological polar surface area (TPSA) is 70.2 Å². The molecule has 0 radical (unpaired) electrons. The zero-order valence-corrected chi connectivity index (χ0v) is 13.8. The highest BCUT2D eigenvalue weighted by Crippen LogP contribution is 2.20. The zero-order chi connectivity index (χ0) is 17.2. The van der Waals surface area contributed by atoms with Gasteiger partial charge in [-0.05, 0) is 29.7 Å². The molecule has 0 aliphatic rings. The molecular weight excluding hydrogens is 302 g/mol. The lowest BCUT2D eigenvalue weighted by molar-refractivity contribution is -0.118. The smallest absolute Gasteiger partial charge is 0.321 e. The van der Waals surface area contributed by atoms with Crippen LogP contribution in [0.3, 0.4) is 0 Å². The van der Waals surface area contributed by atoms with E-state index in [2.05, 4.69) is 16.0 Å². The van der Waals surface area contributed by atoms with E-state index in [0.717, 1.165) is 29.7 Å². The number of anilines is 1. The molecule has 24 heavy (non-hydrogen) atoms. The molecule has 3 N–H and O–H groups in total. The number of nitrogens with one attached hydrogen (secondary N) is 3. The van der Waals surface area contributed by atoms with Gasteiger partial charge in [0.15, 0.2) is 0 Å². The molecule has 2 aromatic carbocycles. The van der Waals surface area contributed by atoms with Crippen LogP contribution in [0.15, 0.2) is 54.6 Å². The van der Waals surface area contributed by atoms with Crippen molar-refractivity contribution < 1.29 is 9.59 Å². The summed E-state index contributed by atoms with van der Waals surface area (Å²) in [4.78, 5) is 23.2. The molecule has 126 valence electrons. The highest BCUT2D eigenvalue weighted by Gasteiger charge is 2.06. The van der Waals surface area contributed by atoms with Crippen molar-refractivity contribution in [2.75, 3.05) is 18.4 Å². The number of amides is 3. The molecule has 0 bridgehead atoms. The predicted octanol–water partition coefficient (Wildman–Crippen LogP) is 3.39. The molecular formula is C19H23N3O2. The van der Waals surface area contributed by atoms with Crippen LogP contribution in [0.4, 0.5) is 10.5 Å². The SMILES string of the molecule is CCCCNC(=O)NC(=O)CNc1ccc(-c2ccccc2)cc1. The monoisotopic (exact) mass is 325 g/mol. The Hall–Kier alpha value is -2.82. The maximum Gasteiger partial charge on any atom is 0.321 e. The molecule has 0 aliphatic carbocycles. The third kappa shape index (κ3) is 5.76. The molecule has 5 heteroatoms. The first-order valence-corrected chi connectivity index (χ1v) is 8.16. The minimum absolute atomic E-state index is 0.0475. The Kier molecular flexibility index (Phi) is 6.83. The largest absolute Gasteiger partial charge is 0.376 e. The van der Waals surface area contributed by atoms with Gasteiger partial charge < -0.3 is 10.6 Å². The molecule has 0 aromatic heterocycles. The molecule has 2 aromatic rings. The molecule has 0 saturated carbocycles. The van der Waals surface area contributed by atoms with Crippen molar-refractivity contribution in [2.45, 2.75) is 19.8 Å². The third-order valence-corrected chi connectivity index (χ3v) is 3.51. The Balaban J connectivity index is 1.78. The number of hydrogen-bond acceptors (Lipinski definition) is 3. The standard InChI is InChI=1S/C19H23N3O2/c1-2-3-13-20-19(24)22-18(23)14-21-17-11-9-16(10-12-17)15-7-5-4-6-8-15/h4-12,21H,2-3,13-14H2,1H3,(H2,20,22,23,24). The molecule has 2 rings (SSSR count). The summed E-state index contributed by atoms with van der Waals surface area (Å²) in [7, 11) is 0. The maximum atomic E-state index is 11.7. The second kappa shape index (κ2) is 9.35. The summed E-state index contributed by atoms with van der Waals surface area (Å²) < 4.78 is 0. The Morgan fingerprint density at radius 3 is 2.25 bits per heavy atom. The molecule has 0 saturated heterocycles. The van der Waals surface area contributed by atoms with Crippen LogP contribution in [-0.2, 0) is 4.79 Å². The van der Waals surface area contributed by atoms with Crippen LogP contribution in [-0.4, -0.2) is 25.0 Å². The van der Waals surface area contributed by atoms with Crippen LogP contribution < -0.4 is 16.0 Å². The van der Waals surface area contributed by atoms with Crippen molar-refractivity contribution in [3.05, 3.63) is 54.6 Å². The second-order valence-corrected chi connectivity index (χ2v) is 5.45. The molecule has 0 heterocycles. The molecule has 3 amide bonds. The van der Waals surface area contributed by atoms with Gasteiger partial charge in [0.2, 0.25) is 5.91 Å². The van der Waals surface area contributed by atoms with E-state index in [1.165, 1.54) is 0 Å². The van der Waals surface area contributed by atoms with E-state index in [1.807, 2.05) is 61.5 Å². The van der Waals surface area contributed by atoms with E-state index in [0.29, 0.717) is 6.54 Å². The summed E-state index contributed by atoms with van der Waals surface area (Å²) >= 11 is 0. The number of carbonyl (C=O) groups is 2. The van der Waals surface area contributed by atoms with E-state index in [-0.39, 0.29) is 12.5 Å². The van der Waals surface area contributed by atoms with Crippen LogP contribution in [0.5, 0.6) is 0 Å². The highest BCUT2D eigenvalue weighted by molar-refractivity contribution is 5.96. The molecule has 0 unspecified atom stereocenters. The van der Waals surface area contributed by atoms with Crippen LogP contribution >= 0.6 is 0 Å². The molecule has 5 nitrogen and oxygen atoms in total. The van der Waals surface area contributed by atoms with Gasteiger partial charge in [0, 0.05) is 12.2 Å². The van der Waals surface area contributed by atoms with Gasteiger partial charge in [-0.15, -0.1) is 0 Å². The van der Waals surface area contributed by atoms with Crippen LogP contribution in [0.1, 0.15) is 19.8 Å². The first-order chi connectivity index (χ1) is 11.7. The van der Waals surface area contributed by atoms with Gasteiger partial charge in [0.1, 0.15) is 0 Å². The molecule has 0 spiro atoms. The third-order valence-electron chi connectivity index (χ3n) is 3.51. The van der Waals surface area contributed by atoms with Crippen molar-refractivity contribution in [3.8, 4) is 11.1 Å². The van der Waals surface area contributed by atoms with Crippen molar-refractivity contribution in [1.82, 2.24) is 10.6 Å². The van der Waals surface area contributed by atoms with Gasteiger partial charge in [-0.1, -0.05) is 55.8 Å². The first kappa shape index (κ1) is 17.5. The summed E-state index contributed by atoms with van der Waals surface area (Å²) in [6.07, 6.45) is 1.89. The van der Waals surface area contributed by atoms with E-state index >= 15 is 0 Å². The van der Waals surface area contributed by atoms with Gasteiger partial charge in [-0.3, -0.25) is 10.1 Å². The number of rotatable bonds is 7. The number of urea groups is 1. The first-order valence-electron chi connectivity index (χ1n) is 8.16. The van der Waals surface area contributed by atoms with Crippen molar-refractivity contribution in [3.63, 3.8) is 0 Å². The number of unbranched alkanes of at least 4 members (excludes halogenated alkanes) is 1. The molecule has 0 fully saturated rings. The van der Waals surface area contributed by atoms with Crippen LogP contribution in [0.2, 0.25) is 0 Å². The van der Waals surface area contributed by atoms with E-state index in [9.17, 15) is 9.59 Å². The Labute approximate surface area is 142 Å². The quantitative estimate of drug-likeness (QED) is 0.683. The number of hydrogen-bond donors (Lipinski definition) is 3. The Bertz CT molecular complexity index is 654. The van der Waals surface area contributed by atoms with Gasteiger partial charge in [0.05, 0.1) is 6.54 Å². The summed E-state index contributed by atoms with van der Waals surface area (Å²) in [5, 5.41) is 7.94. The highest BCUT2D eigenvalue weighted by atomic mass is 16.2. The summed E-state index contributed by atoms with van der Waals surface area (Å²) in [5.41, 5.74) is 3.09. The van der Waals surface area contributed by atoms with E-state index in [1.54, 1.807) is 0 Å². The Morgan fingerprint density at radius 2 is 1.58 bits per heavy atom. The number of carbonyl (C=O) groups excluding carboxylic acids is 2. The average Bonchev–Trinajstić information content (AvgIpc) is 2.61. The van der Waals surface area contributed by atoms with Crippen molar-refractivity contribution in [1.29, 1.82) is 0 Å². The normalized spacial score (nSPS) is 10.0. The summed E-state index contributed by atoms with van der Waals surface area (Å²) in [6, 6.07) is 17.4. The lowest BCUT2D eigenvalue weighted by Crippen LogP contribution is -2.42. The lowest BCUT2D eigenvalue weighted by atomic mass is 10.1. The van der Waals surface area contributed by atoms with Gasteiger partial charge in [-0.2, -0.15) is 0 Å². The van der Waals surface area contributed by atoms with Gasteiger partial charge >= 0.3 is 6.03 Å². The molecule has 0 atom stereocenters. The minimum atomic E-state index is -0.449. The fourth-order valence-electron chi connectivity index (χ4n) is 2.19. The summed E-state index contributed by atoms with van der Waals surface area (Å²) in [5.74, 6) is -0.365. The fourth-order valence-corrected chi connectivity index (χ4v) is 2.19. The van der Waals surface area contributed by atoms with Gasteiger partial charge in [-0.25, -0.2) is 4.79 Å². The Morgan fingerprint density at radius 1 is 0.917 bits per heavy atom.